The van der Waals surface area contributed by atoms with Crippen LogP contribution in [0.5, 0.6) is 0 Å². The molecule has 0 spiro atoms. The van der Waals surface area contributed by atoms with Gasteiger partial charge in [-0.3, -0.25) is 4.79 Å². The van der Waals surface area contributed by atoms with Crippen LogP contribution in [0.1, 0.15) is 50.4 Å². The van der Waals surface area contributed by atoms with Gasteiger partial charge >= 0.3 is 5.97 Å². The molecule has 0 fully saturated rings. The number of imidazole rings is 1. The zero-order valence-electron chi connectivity index (χ0n) is 11.1. The molecule has 1 aromatic heterocycles. The molecule has 0 radical (unpaired) electrons. The molecule has 1 atom stereocenters. The van der Waals surface area contributed by atoms with Crippen LogP contribution in [0.3, 0.4) is 0 Å². The molecule has 2 rings (SSSR count). The summed E-state index contributed by atoms with van der Waals surface area (Å²) in [6, 6.07) is 0. The van der Waals surface area contributed by atoms with Gasteiger partial charge in [-0.1, -0.05) is 19.8 Å². The first-order valence-corrected chi connectivity index (χ1v) is 6.98. The number of nitrogens with zero attached hydrogens (tertiary/aromatic N) is 2. The zero-order valence-corrected chi connectivity index (χ0v) is 11.1. The Bertz CT molecular complexity index is 412. The van der Waals surface area contributed by atoms with E-state index in [1.165, 1.54) is 18.5 Å². The van der Waals surface area contributed by atoms with E-state index in [1.807, 2.05) is 6.33 Å². The van der Waals surface area contributed by atoms with E-state index in [2.05, 4.69) is 16.5 Å². The predicted molar refractivity (Wildman–Crippen MR) is 69.5 cm³/mol. The lowest BCUT2D eigenvalue weighted by Crippen LogP contribution is -2.18. The number of hydrogen-bond acceptors (Lipinski definition) is 2. The summed E-state index contributed by atoms with van der Waals surface area (Å²) in [6.45, 7) is 3.13. The SMILES string of the molecule is CCCCC(Cc1ncn2c1CCCC2)C(=O)O. The normalized spacial score (nSPS) is 16.3. The Kier molecular flexibility index (Phi) is 4.39. The highest BCUT2D eigenvalue weighted by molar-refractivity contribution is 5.70. The van der Waals surface area contributed by atoms with Crippen molar-refractivity contribution in [3.63, 3.8) is 0 Å². The number of aryl methyl sites for hydroxylation is 1. The molecule has 1 aromatic rings. The number of unbranched alkanes of at least 4 members (excludes halogenated alkanes) is 1. The highest BCUT2D eigenvalue weighted by Gasteiger charge is 2.22. The topological polar surface area (TPSA) is 55.1 Å². The largest absolute Gasteiger partial charge is 0.481 e. The summed E-state index contributed by atoms with van der Waals surface area (Å²) in [5.74, 6) is -0.951. The van der Waals surface area contributed by atoms with Crippen molar-refractivity contribution in [1.29, 1.82) is 0 Å². The summed E-state index contributed by atoms with van der Waals surface area (Å²) >= 11 is 0. The van der Waals surface area contributed by atoms with Gasteiger partial charge in [0.15, 0.2) is 0 Å². The molecule has 0 saturated carbocycles. The van der Waals surface area contributed by atoms with Gasteiger partial charge < -0.3 is 9.67 Å². The maximum Gasteiger partial charge on any atom is 0.306 e. The second-order valence-corrected chi connectivity index (χ2v) is 5.17. The Morgan fingerprint density at radius 1 is 1.56 bits per heavy atom. The Morgan fingerprint density at radius 2 is 2.39 bits per heavy atom. The van der Waals surface area contributed by atoms with Crippen molar-refractivity contribution in [2.45, 2.75) is 58.4 Å². The van der Waals surface area contributed by atoms with Crippen LogP contribution in [0.2, 0.25) is 0 Å². The smallest absolute Gasteiger partial charge is 0.306 e. The number of rotatable bonds is 6. The van der Waals surface area contributed by atoms with E-state index in [0.717, 1.165) is 37.9 Å². The standard InChI is InChI=1S/C14H22N2O2/c1-2-3-6-11(14(17)18)9-12-13-7-4-5-8-16(13)10-15-12/h10-11H,2-9H2,1H3,(H,17,18). The molecule has 18 heavy (non-hydrogen) atoms. The molecule has 0 aliphatic carbocycles. The average Bonchev–Trinajstić information content (AvgIpc) is 2.77. The molecule has 4 heteroatoms. The molecular formula is C14H22N2O2. The van der Waals surface area contributed by atoms with E-state index in [-0.39, 0.29) is 5.92 Å². The number of carbonyl (C=O) groups is 1. The highest BCUT2D eigenvalue weighted by Crippen LogP contribution is 2.22. The van der Waals surface area contributed by atoms with Gasteiger partial charge in [-0.15, -0.1) is 0 Å². The predicted octanol–water partition coefficient (Wildman–Crippen LogP) is 2.65. The third-order valence-corrected chi connectivity index (χ3v) is 3.79. The van der Waals surface area contributed by atoms with Gasteiger partial charge in [-0.2, -0.15) is 0 Å². The molecule has 1 aliphatic rings. The molecule has 1 N–H and O–H groups in total. The minimum Gasteiger partial charge on any atom is -0.481 e. The number of aliphatic carboxylic acids is 1. The summed E-state index contributed by atoms with van der Waals surface area (Å²) in [7, 11) is 0. The zero-order chi connectivity index (χ0) is 13.0. The van der Waals surface area contributed by atoms with E-state index in [9.17, 15) is 9.90 Å². The van der Waals surface area contributed by atoms with Gasteiger partial charge in [0.05, 0.1) is 17.9 Å². The monoisotopic (exact) mass is 250 g/mol. The third kappa shape index (κ3) is 2.92. The quantitative estimate of drug-likeness (QED) is 0.844. The molecule has 100 valence electrons. The lowest BCUT2D eigenvalue weighted by molar-refractivity contribution is -0.142. The van der Waals surface area contributed by atoms with Crippen LogP contribution in [-0.2, 0) is 24.2 Å². The number of hydrogen-bond donors (Lipinski definition) is 1. The molecule has 0 amide bonds. The maximum atomic E-state index is 11.3. The van der Waals surface area contributed by atoms with Crippen LogP contribution in [-0.4, -0.2) is 20.6 Å². The first-order chi connectivity index (χ1) is 8.72. The van der Waals surface area contributed by atoms with Crippen molar-refractivity contribution in [2.24, 2.45) is 5.92 Å². The van der Waals surface area contributed by atoms with Gasteiger partial charge in [-0.25, -0.2) is 4.98 Å². The second-order valence-electron chi connectivity index (χ2n) is 5.17. The molecule has 1 unspecified atom stereocenters. The molecule has 0 aromatic carbocycles. The van der Waals surface area contributed by atoms with E-state index in [4.69, 9.17) is 0 Å². The maximum absolute atomic E-state index is 11.3. The molecule has 2 heterocycles. The minimum absolute atomic E-state index is 0.272. The van der Waals surface area contributed by atoms with Crippen LogP contribution in [0, 0.1) is 5.92 Å². The van der Waals surface area contributed by atoms with E-state index in [0.29, 0.717) is 6.42 Å². The number of carboxylic acid groups (broad SMARTS) is 1. The van der Waals surface area contributed by atoms with Gasteiger partial charge in [-0.05, 0) is 25.7 Å². The highest BCUT2D eigenvalue weighted by atomic mass is 16.4. The van der Waals surface area contributed by atoms with Crippen molar-refractivity contribution in [3.8, 4) is 0 Å². The van der Waals surface area contributed by atoms with Crippen molar-refractivity contribution < 1.29 is 9.90 Å². The summed E-state index contributed by atoms with van der Waals surface area (Å²) in [5, 5.41) is 9.27. The number of fused-ring (bicyclic) bond motifs is 1. The van der Waals surface area contributed by atoms with Gasteiger partial charge in [0.25, 0.3) is 0 Å². The Balaban J connectivity index is 2.06. The van der Waals surface area contributed by atoms with Gasteiger partial charge in [0.2, 0.25) is 0 Å². The lowest BCUT2D eigenvalue weighted by Gasteiger charge is -2.16. The third-order valence-electron chi connectivity index (χ3n) is 3.79. The van der Waals surface area contributed by atoms with E-state index in [1.54, 1.807) is 0 Å². The summed E-state index contributed by atoms with van der Waals surface area (Å²) in [4.78, 5) is 15.7. The fraction of sp³-hybridized carbons (Fsp3) is 0.714. The van der Waals surface area contributed by atoms with Crippen molar-refractivity contribution >= 4 is 5.97 Å². The molecule has 4 nitrogen and oxygen atoms in total. The summed E-state index contributed by atoms with van der Waals surface area (Å²) in [5.41, 5.74) is 2.28. The van der Waals surface area contributed by atoms with E-state index < -0.39 is 5.97 Å². The van der Waals surface area contributed by atoms with E-state index >= 15 is 0 Å². The van der Waals surface area contributed by atoms with Gasteiger partial charge in [0, 0.05) is 18.7 Å². The van der Waals surface area contributed by atoms with Crippen molar-refractivity contribution in [1.82, 2.24) is 9.55 Å². The Morgan fingerprint density at radius 3 is 3.11 bits per heavy atom. The number of aromatic nitrogens is 2. The Hall–Kier alpha value is -1.32. The van der Waals surface area contributed by atoms with Crippen molar-refractivity contribution in [2.75, 3.05) is 0 Å². The summed E-state index contributed by atoms with van der Waals surface area (Å²) < 4.78 is 2.19. The molecular weight excluding hydrogens is 228 g/mol. The molecule has 0 bridgehead atoms. The minimum atomic E-state index is -0.680. The first kappa shape index (κ1) is 13.1. The first-order valence-electron chi connectivity index (χ1n) is 6.98. The average molecular weight is 250 g/mol. The summed E-state index contributed by atoms with van der Waals surface area (Å²) in [6.07, 6.45) is 8.72. The van der Waals surface area contributed by atoms with Crippen LogP contribution in [0.25, 0.3) is 0 Å². The second kappa shape index (κ2) is 6.03. The Labute approximate surface area is 108 Å². The van der Waals surface area contributed by atoms with Crippen LogP contribution >= 0.6 is 0 Å². The molecule has 1 aliphatic heterocycles. The lowest BCUT2D eigenvalue weighted by atomic mass is 9.95. The number of carboxylic acids is 1. The van der Waals surface area contributed by atoms with Crippen LogP contribution in [0.4, 0.5) is 0 Å². The van der Waals surface area contributed by atoms with Crippen LogP contribution < -0.4 is 0 Å². The fourth-order valence-corrected chi connectivity index (χ4v) is 2.67. The van der Waals surface area contributed by atoms with Gasteiger partial charge in [0.1, 0.15) is 0 Å². The van der Waals surface area contributed by atoms with Crippen molar-refractivity contribution in [3.05, 3.63) is 17.7 Å². The van der Waals surface area contributed by atoms with Crippen LogP contribution in [0.15, 0.2) is 6.33 Å². The molecule has 0 saturated heterocycles. The fourth-order valence-electron chi connectivity index (χ4n) is 2.67.